The van der Waals surface area contributed by atoms with Crippen molar-refractivity contribution < 1.29 is 14.7 Å². The van der Waals surface area contributed by atoms with E-state index in [0.717, 1.165) is 30.4 Å². The fourth-order valence-corrected chi connectivity index (χ4v) is 8.13. The van der Waals surface area contributed by atoms with Crippen molar-refractivity contribution in [3.63, 3.8) is 0 Å². The van der Waals surface area contributed by atoms with Crippen molar-refractivity contribution in [2.75, 3.05) is 7.11 Å². The molecule has 202 valence electrons. The summed E-state index contributed by atoms with van der Waals surface area (Å²) in [6.07, 6.45) is 19.0. The molecule has 0 radical (unpaired) electrons. The summed E-state index contributed by atoms with van der Waals surface area (Å²) in [6.45, 7) is 3.76. The molecule has 0 spiro atoms. The van der Waals surface area contributed by atoms with Crippen molar-refractivity contribution in [3.05, 3.63) is 33.5 Å². The molecule has 1 aromatic rings. The summed E-state index contributed by atoms with van der Waals surface area (Å²) in [6, 6.07) is 1.62. The highest BCUT2D eigenvalue weighted by molar-refractivity contribution is 6.41. The van der Waals surface area contributed by atoms with Crippen LogP contribution in [0, 0.1) is 18.8 Å². The number of carboxylic acids is 1. The van der Waals surface area contributed by atoms with Crippen LogP contribution in [0.1, 0.15) is 107 Å². The molecule has 0 amide bonds. The third kappa shape index (κ3) is 5.14. The number of allylic oxidation sites excluding steroid dienone is 1. The highest BCUT2D eigenvalue weighted by Crippen LogP contribution is 2.46. The van der Waals surface area contributed by atoms with Gasteiger partial charge in [-0.25, -0.2) is 9.78 Å². The van der Waals surface area contributed by atoms with Gasteiger partial charge < -0.3 is 14.5 Å². The number of hydrogen-bond acceptors (Lipinski definition) is 6. The first-order valence-corrected chi connectivity index (χ1v) is 14.3. The molecule has 2 aliphatic carbocycles. The second-order valence-electron chi connectivity index (χ2n) is 11.7. The van der Waals surface area contributed by atoms with Gasteiger partial charge in [0.1, 0.15) is 7.11 Å². The highest BCUT2D eigenvalue weighted by atomic mass is 16.6. The van der Waals surface area contributed by atoms with Crippen LogP contribution in [0.25, 0.3) is 6.08 Å². The maximum atomic E-state index is 13.9. The Kier molecular flexibility index (Phi) is 7.84. The Morgan fingerprint density at radius 2 is 1.62 bits per heavy atom. The smallest absolute Gasteiger partial charge is 0.360 e. The number of piperidine rings is 2. The monoisotopic (exact) mass is 510 g/mol. The average molecular weight is 511 g/mol. The van der Waals surface area contributed by atoms with Gasteiger partial charge in [-0.2, -0.15) is 0 Å². The minimum absolute atomic E-state index is 0.00848. The van der Waals surface area contributed by atoms with Gasteiger partial charge in [-0.15, -0.1) is 0 Å². The Labute approximate surface area is 219 Å². The highest BCUT2D eigenvalue weighted by Gasteiger charge is 2.45. The summed E-state index contributed by atoms with van der Waals surface area (Å²) >= 11 is 0. The van der Waals surface area contributed by atoms with Crippen LogP contribution in [0.4, 0.5) is 0 Å². The number of aliphatic carboxylic acids is 1. The van der Waals surface area contributed by atoms with Crippen molar-refractivity contribution in [2.24, 2.45) is 17.0 Å². The molecular formula is C29H42N4O4. The predicted molar refractivity (Wildman–Crippen MR) is 144 cm³/mol. The first-order chi connectivity index (χ1) is 17.9. The fraction of sp³-hybridized carbons (Fsp3) is 0.724. The van der Waals surface area contributed by atoms with Crippen LogP contribution in [0.5, 0.6) is 0 Å². The number of hydrogen-bond donors (Lipinski definition) is 1. The van der Waals surface area contributed by atoms with Gasteiger partial charge in [-0.05, 0) is 76.7 Å². The van der Waals surface area contributed by atoms with E-state index < -0.39 is 17.2 Å². The van der Waals surface area contributed by atoms with E-state index in [9.17, 15) is 14.7 Å². The normalized spacial score (nSPS) is 32.8. The molecule has 2 aliphatic heterocycles. The minimum atomic E-state index is -1.32. The number of carboxylic acid groups (broad SMARTS) is 1. The van der Waals surface area contributed by atoms with Crippen LogP contribution in [0.15, 0.2) is 16.0 Å². The Morgan fingerprint density at radius 1 is 0.973 bits per heavy atom. The molecule has 8 nitrogen and oxygen atoms in total. The van der Waals surface area contributed by atoms with E-state index in [-0.39, 0.29) is 11.7 Å². The lowest BCUT2D eigenvalue weighted by Crippen LogP contribution is -2.58. The lowest BCUT2D eigenvalue weighted by molar-refractivity contribution is -0.129. The van der Waals surface area contributed by atoms with E-state index in [1.54, 1.807) is 0 Å². The summed E-state index contributed by atoms with van der Waals surface area (Å²) in [5.41, 5.74) is 0.403. The molecule has 5 rings (SSSR count). The zero-order valence-electron chi connectivity index (χ0n) is 22.6. The minimum Gasteiger partial charge on any atom is -0.476 e. The first kappa shape index (κ1) is 26.1. The molecule has 4 fully saturated rings. The van der Waals surface area contributed by atoms with Gasteiger partial charge in [0, 0.05) is 24.2 Å². The fourth-order valence-electron chi connectivity index (χ4n) is 8.13. The van der Waals surface area contributed by atoms with Gasteiger partial charge in [0.25, 0.3) is 5.56 Å². The Morgan fingerprint density at radius 3 is 2.19 bits per heavy atom. The average Bonchev–Trinajstić information content (AvgIpc) is 3.03. The molecule has 4 atom stereocenters. The first-order valence-electron chi connectivity index (χ1n) is 14.3. The molecule has 37 heavy (non-hydrogen) atoms. The van der Waals surface area contributed by atoms with Crippen molar-refractivity contribution in [2.45, 2.75) is 115 Å². The Bertz CT molecular complexity index is 1100. The van der Waals surface area contributed by atoms with Crippen molar-refractivity contribution in [3.8, 4) is 0 Å². The van der Waals surface area contributed by atoms with Crippen LogP contribution < -0.4 is 5.56 Å². The second kappa shape index (κ2) is 11.1. The molecule has 1 N–H and O–H groups in total. The summed E-state index contributed by atoms with van der Waals surface area (Å²) in [7, 11) is 1.28. The summed E-state index contributed by atoms with van der Waals surface area (Å²) in [5.74, 6) is 0.448. The quantitative estimate of drug-likeness (QED) is 0.430. The van der Waals surface area contributed by atoms with Crippen LogP contribution in [0.2, 0.25) is 0 Å². The van der Waals surface area contributed by atoms with Gasteiger partial charge in [0.2, 0.25) is 5.71 Å². The third-order valence-corrected chi connectivity index (χ3v) is 9.41. The zero-order valence-corrected chi connectivity index (χ0v) is 22.6. The largest absolute Gasteiger partial charge is 0.476 e. The molecule has 0 aromatic carbocycles. The van der Waals surface area contributed by atoms with Crippen molar-refractivity contribution in [1.82, 2.24) is 14.5 Å². The van der Waals surface area contributed by atoms with E-state index >= 15 is 0 Å². The second-order valence-corrected chi connectivity index (χ2v) is 11.7. The van der Waals surface area contributed by atoms with Gasteiger partial charge in [0.15, 0.2) is 5.69 Å². The molecule has 4 unspecified atom stereocenters. The lowest BCUT2D eigenvalue weighted by Gasteiger charge is -2.54. The van der Waals surface area contributed by atoms with Gasteiger partial charge in [-0.1, -0.05) is 43.3 Å². The van der Waals surface area contributed by atoms with Crippen molar-refractivity contribution >= 4 is 17.8 Å². The summed E-state index contributed by atoms with van der Waals surface area (Å²) < 4.78 is 1.83. The van der Waals surface area contributed by atoms with Crippen LogP contribution in [-0.4, -0.2) is 56.5 Å². The lowest BCUT2D eigenvalue weighted by atomic mass is 9.73. The number of nitrogens with zero attached hydrogens (tertiary/aromatic N) is 4. The van der Waals surface area contributed by atoms with Gasteiger partial charge in [0.05, 0.1) is 11.4 Å². The van der Waals surface area contributed by atoms with E-state index in [0.29, 0.717) is 23.8 Å². The van der Waals surface area contributed by atoms with Gasteiger partial charge in [-0.3, -0.25) is 9.69 Å². The molecule has 2 saturated carbocycles. The number of rotatable bonds is 6. The van der Waals surface area contributed by atoms with Crippen molar-refractivity contribution in [1.29, 1.82) is 0 Å². The standard InChI is InChI=1S/C29H42N4O4/c1-4-8-25-18(2)30-26(27(29(35)36)31-37-3)28(34)33(25)24-16-21-11-7-12-22(17-24)32(21)23-14-19-9-5-6-10-20(13-19)15-23/h4,8,19-24H,5-7,9-17H2,1-3H3,(H,35,36). The Hall–Kier alpha value is -2.48. The van der Waals surface area contributed by atoms with E-state index in [1.165, 1.54) is 71.3 Å². The molecule has 4 aliphatic rings. The van der Waals surface area contributed by atoms with E-state index in [4.69, 9.17) is 4.84 Å². The number of fused-ring (bicyclic) bond motifs is 4. The van der Waals surface area contributed by atoms with E-state index in [2.05, 4.69) is 15.0 Å². The maximum absolute atomic E-state index is 13.9. The number of aromatic nitrogens is 2. The zero-order chi connectivity index (χ0) is 26.1. The molecule has 4 bridgehead atoms. The van der Waals surface area contributed by atoms with Crippen LogP contribution in [0.3, 0.4) is 0 Å². The molecular weight excluding hydrogens is 468 g/mol. The third-order valence-electron chi connectivity index (χ3n) is 9.41. The van der Waals surface area contributed by atoms with Gasteiger partial charge >= 0.3 is 5.97 Å². The molecule has 3 heterocycles. The Balaban J connectivity index is 1.50. The molecule has 1 aromatic heterocycles. The van der Waals surface area contributed by atoms with Crippen LogP contribution in [-0.2, 0) is 9.63 Å². The predicted octanol–water partition coefficient (Wildman–Crippen LogP) is 4.94. The molecule has 2 saturated heterocycles. The number of aryl methyl sites for hydroxylation is 1. The molecule has 8 heteroatoms. The SMILES string of the molecule is CC=Cc1c(C)nc(C(=NOC)C(=O)O)c(=O)n1C1CC2CCCC(C1)N2C1CC2CCCCC(C2)C1. The topological polar surface area (TPSA) is 97.0 Å². The van der Waals surface area contributed by atoms with Crippen LogP contribution >= 0.6 is 0 Å². The summed E-state index contributed by atoms with van der Waals surface area (Å²) in [4.78, 5) is 37.8. The maximum Gasteiger partial charge on any atom is 0.360 e. The van der Waals surface area contributed by atoms with E-state index in [1.807, 2.05) is 30.6 Å². The number of carbonyl (C=O) groups is 1. The number of oxime groups is 1. The summed E-state index contributed by atoms with van der Waals surface area (Å²) in [5, 5.41) is 13.4.